The van der Waals surface area contributed by atoms with E-state index in [1.165, 1.54) is 19.1 Å². The number of rotatable bonds is 15. The Labute approximate surface area is 213 Å². The molecule has 12 nitrogen and oxygen atoms in total. The number of alkyl halides is 5. The van der Waals surface area contributed by atoms with E-state index in [1.54, 1.807) is 0 Å². The van der Waals surface area contributed by atoms with Crippen molar-refractivity contribution in [3.8, 4) is 0 Å². The van der Waals surface area contributed by atoms with E-state index in [9.17, 15) is 49.3 Å². The summed E-state index contributed by atoms with van der Waals surface area (Å²) in [6.45, 7) is -0.988. The molecule has 0 aromatic heterocycles. The summed E-state index contributed by atoms with van der Waals surface area (Å²) < 4.78 is 121. The molecule has 1 aromatic rings. The third-order valence-corrected chi connectivity index (χ3v) is 5.28. The van der Waals surface area contributed by atoms with Gasteiger partial charge < -0.3 is 33.1 Å². The second-order valence-corrected chi connectivity index (χ2v) is 8.64. The van der Waals surface area contributed by atoms with E-state index in [0.29, 0.717) is 0 Å². The van der Waals surface area contributed by atoms with Crippen molar-refractivity contribution in [2.45, 2.75) is 17.5 Å². The molecule has 0 aliphatic rings. The molecule has 1 atom stereocenters. The Bertz CT molecular complexity index is 1020. The molecule has 0 saturated heterocycles. The molecular weight excluding hydrogens is 557 g/mol. The molecule has 0 fully saturated rings. The fourth-order valence-corrected chi connectivity index (χ4v) is 3.11. The summed E-state index contributed by atoms with van der Waals surface area (Å²) in [4.78, 5) is 36.5. The van der Waals surface area contributed by atoms with Crippen molar-refractivity contribution in [3.63, 3.8) is 0 Å². The lowest BCUT2D eigenvalue weighted by Crippen LogP contribution is -2.52. The number of benzene rings is 1. The van der Waals surface area contributed by atoms with Gasteiger partial charge in [-0.1, -0.05) is 0 Å². The Morgan fingerprint density at radius 3 is 1.71 bits per heavy atom. The molecule has 18 heteroatoms. The Kier molecular flexibility index (Phi) is 12.3. The number of hydrogen-bond donors (Lipinski definition) is 0. The van der Waals surface area contributed by atoms with Crippen molar-refractivity contribution in [3.05, 3.63) is 29.8 Å². The Morgan fingerprint density at radius 2 is 1.34 bits per heavy atom. The molecule has 0 bridgehead atoms. The number of carbonyl (C=O) groups excluding carboxylic acids is 3. The summed E-state index contributed by atoms with van der Waals surface area (Å²) in [5, 5.41) is -5.99. The quantitative estimate of drug-likeness (QED) is 0.126. The van der Waals surface area contributed by atoms with E-state index in [2.05, 4.69) is 14.2 Å². The van der Waals surface area contributed by atoms with Crippen LogP contribution < -0.4 is 4.90 Å². The van der Waals surface area contributed by atoms with Crippen molar-refractivity contribution in [1.82, 2.24) is 0 Å². The Morgan fingerprint density at radius 1 is 0.895 bits per heavy atom. The number of halogens is 5. The molecule has 0 aliphatic carbocycles. The van der Waals surface area contributed by atoms with Crippen molar-refractivity contribution in [2.24, 2.45) is 0 Å². The maximum Gasteiger partial charge on any atom is 0.432 e. The highest BCUT2D eigenvalue weighted by Gasteiger charge is 2.63. The molecule has 38 heavy (non-hydrogen) atoms. The van der Waals surface area contributed by atoms with Gasteiger partial charge in [-0.2, -0.15) is 22.0 Å². The number of hydrogen-bond acceptors (Lipinski definition) is 12. The van der Waals surface area contributed by atoms with Crippen LogP contribution in [0, 0.1) is 0 Å². The first kappa shape index (κ1) is 32.9. The minimum Gasteiger partial charge on any atom is -0.743 e. The topological polar surface area (TPSA) is 158 Å². The first-order valence-electron chi connectivity index (χ1n) is 10.3. The van der Waals surface area contributed by atoms with Crippen LogP contribution in [-0.4, -0.2) is 102 Å². The first-order valence-corrected chi connectivity index (χ1v) is 11.7. The van der Waals surface area contributed by atoms with E-state index in [4.69, 9.17) is 9.47 Å². The van der Waals surface area contributed by atoms with Gasteiger partial charge in [-0.3, -0.25) is 0 Å². The number of esters is 3. The van der Waals surface area contributed by atoms with Crippen molar-refractivity contribution in [2.75, 3.05) is 58.6 Å². The zero-order chi connectivity index (χ0) is 29.1. The summed E-state index contributed by atoms with van der Waals surface area (Å²) in [6, 6.07) is 4.04. The third-order valence-electron chi connectivity index (χ3n) is 4.40. The highest BCUT2D eigenvalue weighted by atomic mass is 32.2. The molecular formula is C20H23F5NO11S-. The predicted molar refractivity (Wildman–Crippen MR) is 114 cm³/mol. The molecule has 0 N–H and O–H groups in total. The average Bonchev–Trinajstić information content (AvgIpc) is 2.80. The van der Waals surface area contributed by atoms with Crippen LogP contribution in [0.15, 0.2) is 24.3 Å². The largest absolute Gasteiger partial charge is 0.743 e. The molecule has 1 aromatic carbocycles. The molecule has 216 valence electrons. The van der Waals surface area contributed by atoms with Crippen LogP contribution in [0.3, 0.4) is 0 Å². The van der Waals surface area contributed by atoms with Crippen LogP contribution in [-0.2, 0) is 43.4 Å². The zero-order valence-corrected chi connectivity index (χ0v) is 20.7. The fraction of sp³-hybridized carbons (Fsp3) is 0.550. The van der Waals surface area contributed by atoms with Crippen LogP contribution in [0.1, 0.15) is 10.4 Å². The molecule has 1 rings (SSSR count). The Balaban J connectivity index is 3.05. The molecule has 0 amide bonds. The van der Waals surface area contributed by atoms with Crippen LogP contribution >= 0.6 is 0 Å². The van der Waals surface area contributed by atoms with Gasteiger partial charge in [0.1, 0.15) is 26.4 Å². The third kappa shape index (κ3) is 9.99. The second-order valence-electron chi connectivity index (χ2n) is 7.18. The van der Waals surface area contributed by atoms with Crippen LogP contribution in [0.2, 0.25) is 0 Å². The average molecular weight is 580 g/mol. The number of methoxy groups -OCH3 is 2. The first-order chi connectivity index (χ1) is 17.5. The smallest absolute Gasteiger partial charge is 0.432 e. The van der Waals surface area contributed by atoms with Gasteiger partial charge in [0.25, 0.3) is 6.10 Å². The van der Waals surface area contributed by atoms with Crippen LogP contribution in [0.4, 0.5) is 27.6 Å². The lowest BCUT2D eigenvalue weighted by Gasteiger charge is -2.29. The monoisotopic (exact) mass is 580 g/mol. The van der Waals surface area contributed by atoms with E-state index >= 15 is 0 Å². The van der Waals surface area contributed by atoms with Gasteiger partial charge in [-0.05, 0) is 24.3 Å². The highest BCUT2D eigenvalue weighted by molar-refractivity contribution is 7.86. The molecule has 0 spiro atoms. The van der Waals surface area contributed by atoms with Crippen LogP contribution in [0.5, 0.6) is 0 Å². The van der Waals surface area contributed by atoms with E-state index < -0.39 is 51.1 Å². The molecule has 0 radical (unpaired) electrons. The zero-order valence-electron chi connectivity index (χ0n) is 19.9. The molecule has 0 aliphatic heterocycles. The van der Waals surface area contributed by atoms with Crippen LogP contribution in [0.25, 0.3) is 0 Å². The van der Waals surface area contributed by atoms with Gasteiger partial charge in [0.2, 0.25) is 0 Å². The number of nitrogens with zero attached hydrogens (tertiary/aromatic N) is 1. The highest BCUT2D eigenvalue weighted by Crippen LogP contribution is 2.38. The summed E-state index contributed by atoms with van der Waals surface area (Å²) >= 11 is 0. The fourth-order valence-electron chi connectivity index (χ4n) is 2.67. The maximum atomic E-state index is 13.6. The normalized spacial score (nSPS) is 12.9. The lowest BCUT2D eigenvalue weighted by atomic mass is 10.2. The van der Waals surface area contributed by atoms with Crippen molar-refractivity contribution >= 4 is 33.7 Å². The van der Waals surface area contributed by atoms with Crippen molar-refractivity contribution < 1.29 is 73.0 Å². The lowest BCUT2D eigenvalue weighted by molar-refractivity contribution is -0.248. The number of ether oxygens (including phenoxy) is 5. The molecule has 0 heterocycles. The minimum atomic E-state index is -6.84. The van der Waals surface area contributed by atoms with Gasteiger partial charge in [0.05, 0.1) is 18.7 Å². The molecule has 1 unspecified atom stereocenters. The second kappa shape index (κ2) is 14.2. The standard InChI is InChI=1S/C20H24F5NO11S/c1-33-11-15(27)35-9-7-26(8-10-36-16(28)12-34-2)14-5-3-13(4-6-14)17(29)37-18(19(21,22)23)20(24,25)38(30,31)32/h3-6,18H,7-12H2,1-2H3,(H,30,31,32)/p-1. The number of carbonyl (C=O) groups is 3. The minimum absolute atomic E-state index is 0.00477. The Hall–Kier alpha value is -3.09. The van der Waals surface area contributed by atoms with Gasteiger partial charge in [0.15, 0.2) is 10.1 Å². The summed E-state index contributed by atoms with van der Waals surface area (Å²) in [6.07, 6.45) is -10.6. The summed E-state index contributed by atoms with van der Waals surface area (Å²) in [7, 11) is -4.30. The van der Waals surface area contributed by atoms with Gasteiger partial charge in [-0.25, -0.2) is 22.8 Å². The van der Waals surface area contributed by atoms with Crippen molar-refractivity contribution in [1.29, 1.82) is 0 Å². The summed E-state index contributed by atoms with van der Waals surface area (Å²) in [5.74, 6) is -3.36. The summed E-state index contributed by atoms with van der Waals surface area (Å²) in [5.41, 5.74) is -0.438. The molecule has 0 saturated carbocycles. The van der Waals surface area contributed by atoms with E-state index in [-0.39, 0.29) is 45.2 Å². The number of anilines is 1. The van der Waals surface area contributed by atoms with E-state index in [0.717, 1.165) is 24.3 Å². The van der Waals surface area contributed by atoms with Gasteiger partial charge >= 0.3 is 29.3 Å². The van der Waals surface area contributed by atoms with E-state index in [1.807, 2.05) is 0 Å². The predicted octanol–water partition coefficient (Wildman–Crippen LogP) is 1.10. The maximum absolute atomic E-state index is 13.6. The van der Waals surface area contributed by atoms with Gasteiger partial charge in [-0.15, -0.1) is 0 Å². The SMILES string of the molecule is COCC(=O)OCCN(CCOC(=O)COC)c1ccc(C(=O)OC(C(F)(F)F)C(F)(F)S(=O)(=O)[O-])cc1. The van der Waals surface area contributed by atoms with Gasteiger partial charge in [0, 0.05) is 19.9 Å².